The van der Waals surface area contributed by atoms with Crippen LogP contribution in [-0.4, -0.2) is 33.3 Å². The van der Waals surface area contributed by atoms with Crippen LogP contribution in [0.4, 0.5) is 5.69 Å². The minimum atomic E-state index is -3.13. The van der Waals surface area contributed by atoms with Crippen molar-refractivity contribution in [2.45, 2.75) is 55.8 Å². The lowest BCUT2D eigenvalue weighted by molar-refractivity contribution is 0.0789. The van der Waals surface area contributed by atoms with E-state index in [0.29, 0.717) is 16.3 Å². The Bertz CT molecular complexity index is 1140. The van der Waals surface area contributed by atoms with Gasteiger partial charge in [0.25, 0.3) is 0 Å². The minimum Gasteiger partial charge on any atom is -0.386 e. The van der Waals surface area contributed by atoms with Gasteiger partial charge in [-0.25, -0.2) is 18.1 Å². The van der Waals surface area contributed by atoms with Gasteiger partial charge in [-0.15, -0.1) is 11.3 Å². The first kappa shape index (κ1) is 21.4. The highest BCUT2D eigenvalue weighted by atomic mass is 32.2. The molecule has 0 saturated heterocycles. The average molecular weight is 446 g/mol. The van der Waals surface area contributed by atoms with Crippen LogP contribution in [0.3, 0.4) is 0 Å². The van der Waals surface area contributed by atoms with Crippen molar-refractivity contribution in [3.8, 4) is 0 Å². The van der Waals surface area contributed by atoms with Gasteiger partial charge in [-0.2, -0.15) is 4.99 Å². The molecule has 30 heavy (non-hydrogen) atoms. The Labute approximate surface area is 181 Å². The highest BCUT2D eigenvalue weighted by molar-refractivity contribution is 7.92. The van der Waals surface area contributed by atoms with E-state index in [1.165, 1.54) is 28.0 Å². The number of hydrogen-bond acceptors (Lipinski definition) is 6. The third-order valence-electron chi connectivity index (χ3n) is 6.24. The number of aliphatic hydroxyl groups is 1. The largest absolute Gasteiger partial charge is 0.386 e. The number of fused-ring (bicyclic) bond motifs is 2. The fourth-order valence-corrected chi connectivity index (χ4v) is 7.48. The Morgan fingerprint density at radius 3 is 2.73 bits per heavy atom. The average Bonchev–Trinajstić information content (AvgIpc) is 3.39. The van der Waals surface area contributed by atoms with Crippen LogP contribution in [0, 0.1) is 10.7 Å². The van der Waals surface area contributed by atoms with Gasteiger partial charge in [0.1, 0.15) is 14.1 Å². The predicted molar refractivity (Wildman–Crippen MR) is 118 cm³/mol. The van der Waals surface area contributed by atoms with Crippen LogP contribution in [0.15, 0.2) is 26.7 Å². The molecule has 0 bridgehead atoms. The molecule has 2 unspecified atom stereocenters. The summed E-state index contributed by atoms with van der Waals surface area (Å²) in [7, 11) is -1.40. The number of benzene rings is 1. The van der Waals surface area contributed by atoms with Crippen LogP contribution < -0.4 is 0 Å². The van der Waals surface area contributed by atoms with E-state index in [-0.39, 0.29) is 5.92 Å². The van der Waals surface area contributed by atoms with Gasteiger partial charge in [0.15, 0.2) is 0 Å². The molecule has 0 spiro atoms. The number of nitrogens with zero attached hydrogens (tertiary/aromatic N) is 2. The first-order valence-electron chi connectivity index (χ1n) is 10.2. The van der Waals surface area contributed by atoms with Gasteiger partial charge < -0.3 is 5.11 Å². The summed E-state index contributed by atoms with van der Waals surface area (Å²) in [5, 5.41) is 12.0. The summed E-state index contributed by atoms with van der Waals surface area (Å²) in [5.74, 6) is 0.216. The highest BCUT2D eigenvalue weighted by Crippen LogP contribution is 2.42. The van der Waals surface area contributed by atoms with Crippen LogP contribution in [0.2, 0.25) is 0 Å². The quantitative estimate of drug-likeness (QED) is 0.518. The van der Waals surface area contributed by atoms with Gasteiger partial charge in [-0.05, 0) is 91.1 Å². The summed E-state index contributed by atoms with van der Waals surface area (Å²) < 4.78 is 23.9. The zero-order valence-corrected chi connectivity index (χ0v) is 19.2. The molecular formula is C22H27N3O3S2. The summed E-state index contributed by atoms with van der Waals surface area (Å²) in [6, 6.07) is 3.94. The molecule has 0 amide bonds. The second kappa shape index (κ2) is 7.70. The lowest BCUT2D eigenvalue weighted by Crippen LogP contribution is -2.31. The Kier molecular flexibility index (Phi) is 5.49. The van der Waals surface area contributed by atoms with Crippen molar-refractivity contribution in [1.82, 2.24) is 4.31 Å². The standard InChI is InChI=1S/C22H27N3O3S2/c1-22(2,27)17-10-20(29-12-17)30(23,28)25(3)11-14-7-16-9-15-5-4-6-18(15)21(24-13-26)19(16)8-14/h9-10,12,14,23,27H,4-8,11H2,1-3H3. The molecule has 0 fully saturated rings. The summed E-state index contributed by atoms with van der Waals surface area (Å²) >= 11 is 1.26. The Morgan fingerprint density at radius 1 is 1.30 bits per heavy atom. The second-order valence-electron chi connectivity index (χ2n) is 8.88. The maximum atomic E-state index is 13.3. The molecule has 0 saturated carbocycles. The number of hydrogen-bond donors (Lipinski definition) is 2. The topological polar surface area (TPSA) is 93.8 Å². The molecule has 0 aliphatic heterocycles. The molecule has 8 heteroatoms. The predicted octanol–water partition coefficient (Wildman–Crippen LogP) is 4.10. The third kappa shape index (κ3) is 3.79. The maximum Gasteiger partial charge on any atom is 0.240 e. The molecule has 1 aromatic carbocycles. The van der Waals surface area contributed by atoms with E-state index in [1.807, 2.05) is 0 Å². The number of aryl methyl sites for hydroxylation is 1. The van der Waals surface area contributed by atoms with E-state index in [2.05, 4.69) is 11.1 Å². The smallest absolute Gasteiger partial charge is 0.240 e. The van der Waals surface area contributed by atoms with Gasteiger partial charge in [0.2, 0.25) is 6.08 Å². The van der Waals surface area contributed by atoms with Crippen molar-refractivity contribution in [1.29, 1.82) is 4.78 Å². The molecular weight excluding hydrogens is 418 g/mol. The van der Waals surface area contributed by atoms with Gasteiger partial charge >= 0.3 is 0 Å². The number of isocyanates is 1. The molecule has 4 rings (SSSR count). The molecule has 2 aliphatic carbocycles. The molecule has 2 atom stereocenters. The van der Waals surface area contributed by atoms with Gasteiger partial charge in [0.05, 0.1) is 11.3 Å². The van der Waals surface area contributed by atoms with Crippen molar-refractivity contribution >= 4 is 33.0 Å². The lowest BCUT2D eigenvalue weighted by atomic mass is 9.99. The van der Waals surface area contributed by atoms with E-state index in [0.717, 1.165) is 43.4 Å². The van der Waals surface area contributed by atoms with E-state index in [1.54, 1.807) is 42.7 Å². The van der Waals surface area contributed by atoms with E-state index >= 15 is 0 Å². The Balaban J connectivity index is 1.54. The van der Waals surface area contributed by atoms with Crippen molar-refractivity contribution in [2.24, 2.45) is 10.9 Å². The molecule has 1 aromatic heterocycles. The number of nitrogens with one attached hydrogen (secondary N) is 1. The molecule has 2 N–H and O–H groups in total. The van der Waals surface area contributed by atoms with Crippen LogP contribution >= 0.6 is 11.3 Å². The van der Waals surface area contributed by atoms with Crippen LogP contribution in [0.25, 0.3) is 0 Å². The van der Waals surface area contributed by atoms with Gasteiger partial charge in [0, 0.05) is 13.6 Å². The van der Waals surface area contributed by atoms with Crippen molar-refractivity contribution in [2.75, 3.05) is 13.6 Å². The highest BCUT2D eigenvalue weighted by Gasteiger charge is 2.32. The van der Waals surface area contributed by atoms with E-state index in [9.17, 15) is 14.1 Å². The Hall–Kier alpha value is -1.83. The maximum absolute atomic E-state index is 13.3. The fraction of sp³-hybridized carbons (Fsp3) is 0.500. The lowest BCUT2D eigenvalue weighted by Gasteiger charge is -2.22. The third-order valence-corrected chi connectivity index (χ3v) is 9.61. The molecule has 2 aliphatic rings. The molecule has 6 nitrogen and oxygen atoms in total. The summed E-state index contributed by atoms with van der Waals surface area (Å²) in [6.07, 6.45) is 6.41. The zero-order valence-electron chi connectivity index (χ0n) is 17.5. The van der Waals surface area contributed by atoms with E-state index in [4.69, 9.17) is 4.78 Å². The zero-order chi connectivity index (χ0) is 21.7. The normalized spacial score (nSPS) is 20.0. The fourth-order valence-electron chi connectivity index (χ4n) is 4.62. The number of thiophene rings is 1. The summed E-state index contributed by atoms with van der Waals surface area (Å²) in [6.45, 7) is 3.88. The molecule has 2 aromatic rings. The van der Waals surface area contributed by atoms with Gasteiger partial charge in [-0.3, -0.25) is 0 Å². The summed E-state index contributed by atoms with van der Waals surface area (Å²) in [5.41, 5.74) is 5.28. The second-order valence-corrected chi connectivity index (χ2v) is 12.2. The van der Waals surface area contributed by atoms with E-state index < -0.39 is 15.5 Å². The number of carbonyl (C=O) groups excluding carboxylic acids is 1. The molecule has 1 heterocycles. The first-order chi connectivity index (χ1) is 14.1. The molecule has 0 radical (unpaired) electrons. The van der Waals surface area contributed by atoms with Crippen LogP contribution in [0.5, 0.6) is 0 Å². The van der Waals surface area contributed by atoms with Crippen molar-refractivity contribution in [3.05, 3.63) is 45.3 Å². The van der Waals surface area contributed by atoms with Crippen LogP contribution in [0.1, 0.15) is 48.1 Å². The Morgan fingerprint density at radius 2 is 2.07 bits per heavy atom. The van der Waals surface area contributed by atoms with Crippen molar-refractivity contribution in [3.63, 3.8) is 0 Å². The van der Waals surface area contributed by atoms with Gasteiger partial charge in [-0.1, -0.05) is 6.07 Å². The molecule has 160 valence electrons. The monoisotopic (exact) mass is 445 g/mol. The number of aliphatic imine (C=N–C) groups is 1. The van der Waals surface area contributed by atoms with Crippen LogP contribution in [-0.2, 0) is 46.0 Å². The summed E-state index contributed by atoms with van der Waals surface area (Å²) in [4.78, 5) is 15.1. The SMILES string of the molecule is CN(CC1Cc2cc3c(c(N=C=O)c2C1)CCC3)S(=N)(=O)c1cc(C(C)(C)O)cs1. The minimum absolute atomic E-state index is 0.216. The number of rotatable bonds is 6. The van der Waals surface area contributed by atoms with Crippen molar-refractivity contribution < 1.29 is 14.1 Å². The first-order valence-corrected chi connectivity index (χ1v) is 12.6.